The zero-order valence-electron chi connectivity index (χ0n) is 6.73. The van der Waals surface area contributed by atoms with Crippen LogP contribution in [0.15, 0.2) is 30.3 Å². The average Bonchev–Trinajstić information content (AvgIpc) is 2.06. The first-order chi connectivity index (χ1) is 5.70. The van der Waals surface area contributed by atoms with E-state index in [9.17, 15) is 4.79 Å². The van der Waals surface area contributed by atoms with Crippen LogP contribution < -0.4 is 5.73 Å². The molecule has 1 aromatic carbocycles. The molecular weight excluding hydrogens is 150 g/mol. The van der Waals surface area contributed by atoms with Crippen molar-refractivity contribution in [1.82, 2.24) is 0 Å². The molecule has 0 unspecified atom stereocenters. The number of rotatable bonds is 3. The van der Waals surface area contributed by atoms with E-state index in [4.69, 9.17) is 12.7 Å². The van der Waals surface area contributed by atoms with Gasteiger partial charge in [-0.05, 0) is 12.0 Å². The molecule has 0 aliphatic rings. The minimum atomic E-state index is -0.576. The van der Waals surface area contributed by atoms with E-state index in [1.54, 1.807) is 0 Å². The van der Waals surface area contributed by atoms with Gasteiger partial charge >= 0.3 is 0 Å². The Balaban J connectivity index is 2.58. The highest BCUT2D eigenvalue weighted by atomic mass is 16.1. The average molecular weight is 161 g/mol. The van der Waals surface area contributed by atoms with Gasteiger partial charge < -0.3 is 5.73 Å². The molecule has 62 valence electrons. The summed E-state index contributed by atoms with van der Waals surface area (Å²) in [6, 6.07) is 8.99. The van der Waals surface area contributed by atoms with Gasteiger partial charge in [0, 0.05) is 6.92 Å². The summed E-state index contributed by atoms with van der Waals surface area (Å²) >= 11 is 0. The Kier molecular flexibility index (Phi) is 3.00. The standard InChI is InChI=1S/C10H11NO/c1-8(12)10(11)7-9-5-3-2-4-6-9/h1-6,10H,7,11H2/t10-/m0/s1. The molecule has 0 amide bonds. The molecule has 0 saturated carbocycles. The molecule has 0 aliphatic carbocycles. The largest absolute Gasteiger partial charge is 0.321 e. The summed E-state index contributed by atoms with van der Waals surface area (Å²) < 4.78 is 0. The highest BCUT2D eigenvalue weighted by Crippen LogP contribution is 2.01. The molecule has 0 aliphatic heterocycles. The fourth-order valence-electron chi connectivity index (χ4n) is 0.969. The Morgan fingerprint density at radius 1 is 1.42 bits per heavy atom. The third-order valence-corrected chi connectivity index (χ3v) is 1.66. The van der Waals surface area contributed by atoms with Crippen molar-refractivity contribution in [3.63, 3.8) is 0 Å². The van der Waals surface area contributed by atoms with Crippen LogP contribution in [0.1, 0.15) is 5.56 Å². The van der Waals surface area contributed by atoms with Crippen molar-refractivity contribution in [1.29, 1.82) is 0 Å². The summed E-state index contributed by atoms with van der Waals surface area (Å²) in [6.45, 7) is 5.02. The van der Waals surface area contributed by atoms with E-state index in [1.165, 1.54) is 0 Å². The first kappa shape index (κ1) is 8.94. The Bertz CT molecular complexity index is 256. The van der Waals surface area contributed by atoms with Crippen LogP contribution in [0, 0.1) is 6.92 Å². The lowest BCUT2D eigenvalue weighted by atomic mass is 10.0. The van der Waals surface area contributed by atoms with Crippen molar-refractivity contribution < 1.29 is 4.79 Å². The number of hydrogen-bond acceptors (Lipinski definition) is 2. The van der Waals surface area contributed by atoms with E-state index in [2.05, 4.69) is 0 Å². The lowest BCUT2D eigenvalue weighted by molar-refractivity contribution is -0.116. The van der Waals surface area contributed by atoms with E-state index < -0.39 is 11.8 Å². The van der Waals surface area contributed by atoms with Gasteiger partial charge in [0.25, 0.3) is 0 Å². The molecule has 1 aromatic rings. The van der Waals surface area contributed by atoms with Crippen molar-refractivity contribution in [3.8, 4) is 0 Å². The maximum atomic E-state index is 10.6. The highest BCUT2D eigenvalue weighted by Gasteiger charge is 2.07. The minimum Gasteiger partial charge on any atom is -0.321 e. The molecule has 2 radical (unpaired) electrons. The summed E-state index contributed by atoms with van der Waals surface area (Å²) in [7, 11) is 0. The molecule has 1 rings (SSSR count). The fourth-order valence-corrected chi connectivity index (χ4v) is 0.969. The zero-order valence-corrected chi connectivity index (χ0v) is 6.73. The van der Waals surface area contributed by atoms with E-state index in [1.807, 2.05) is 30.3 Å². The molecule has 0 fully saturated rings. The number of benzene rings is 1. The summed E-state index contributed by atoms with van der Waals surface area (Å²) in [6.07, 6.45) is 0.510. The van der Waals surface area contributed by atoms with Gasteiger partial charge in [0.15, 0.2) is 5.78 Å². The van der Waals surface area contributed by atoms with Gasteiger partial charge in [-0.1, -0.05) is 30.3 Å². The molecule has 12 heavy (non-hydrogen) atoms. The molecular formula is C10H11NO. The molecule has 2 heteroatoms. The Hall–Kier alpha value is -1.15. The second-order valence-electron chi connectivity index (χ2n) is 2.70. The summed E-state index contributed by atoms with van der Waals surface area (Å²) in [5.41, 5.74) is 6.51. The molecule has 0 heterocycles. The normalized spacial score (nSPS) is 12.5. The van der Waals surface area contributed by atoms with Crippen LogP contribution in [0.2, 0.25) is 0 Å². The molecule has 0 saturated heterocycles. The Labute approximate surface area is 72.4 Å². The van der Waals surface area contributed by atoms with Crippen molar-refractivity contribution >= 4 is 5.78 Å². The quantitative estimate of drug-likeness (QED) is 0.713. The van der Waals surface area contributed by atoms with Gasteiger partial charge in [-0.2, -0.15) is 0 Å². The predicted octanol–water partition coefficient (Wildman–Crippen LogP) is 0.837. The number of carbonyl (C=O) groups excluding carboxylic acids is 1. The SMILES string of the molecule is [CH]C(=O)[C@@H](N)Cc1ccccc1. The number of Topliss-reactive ketones (excluding diaryl/α,β-unsaturated/α-hetero) is 1. The molecule has 0 spiro atoms. The highest BCUT2D eigenvalue weighted by molar-refractivity contribution is 5.87. The fraction of sp³-hybridized carbons (Fsp3) is 0.200. The van der Waals surface area contributed by atoms with Crippen molar-refractivity contribution in [3.05, 3.63) is 42.8 Å². The number of carbonyl (C=O) groups is 1. The van der Waals surface area contributed by atoms with E-state index in [-0.39, 0.29) is 0 Å². The number of nitrogens with two attached hydrogens (primary N) is 1. The van der Waals surface area contributed by atoms with Crippen LogP contribution in [-0.4, -0.2) is 11.8 Å². The van der Waals surface area contributed by atoms with Crippen LogP contribution in [0.25, 0.3) is 0 Å². The van der Waals surface area contributed by atoms with Gasteiger partial charge in [-0.15, -0.1) is 0 Å². The van der Waals surface area contributed by atoms with E-state index >= 15 is 0 Å². The van der Waals surface area contributed by atoms with Crippen LogP contribution in [0.3, 0.4) is 0 Å². The van der Waals surface area contributed by atoms with E-state index in [0.717, 1.165) is 5.56 Å². The van der Waals surface area contributed by atoms with Gasteiger partial charge in [0.05, 0.1) is 6.04 Å². The number of hydrogen-bond donors (Lipinski definition) is 1. The number of ketones is 1. The summed E-state index contributed by atoms with van der Waals surface area (Å²) in [4.78, 5) is 10.6. The second kappa shape index (κ2) is 4.02. The molecule has 2 nitrogen and oxygen atoms in total. The van der Waals surface area contributed by atoms with E-state index in [0.29, 0.717) is 6.42 Å². The van der Waals surface area contributed by atoms with Crippen LogP contribution in [0.4, 0.5) is 0 Å². The van der Waals surface area contributed by atoms with Crippen molar-refractivity contribution in [2.75, 3.05) is 0 Å². The molecule has 0 aromatic heterocycles. The molecule has 2 N–H and O–H groups in total. The van der Waals surface area contributed by atoms with Gasteiger partial charge in [0.2, 0.25) is 0 Å². The monoisotopic (exact) mass is 161 g/mol. The minimum absolute atomic E-state index is 0.459. The maximum absolute atomic E-state index is 10.6. The lowest BCUT2D eigenvalue weighted by Crippen LogP contribution is -2.30. The van der Waals surface area contributed by atoms with Gasteiger partial charge in [0.1, 0.15) is 0 Å². The molecule has 0 bridgehead atoms. The summed E-state index contributed by atoms with van der Waals surface area (Å²) in [5.74, 6) is -0.459. The second-order valence-corrected chi connectivity index (χ2v) is 2.70. The lowest BCUT2D eigenvalue weighted by Gasteiger charge is -2.06. The van der Waals surface area contributed by atoms with Gasteiger partial charge in [-0.3, -0.25) is 4.79 Å². The van der Waals surface area contributed by atoms with Crippen molar-refractivity contribution in [2.24, 2.45) is 5.73 Å². The van der Waals surface area contributed by atoms with Gasteiger partial charge in [-0.25, -0.2) is 0 Å². The topological polar surface area (TPSA) is 43.1 Å². The first-order valence-corrected chi connectivity index (χ1v) is 3.79. The molecule has 1 atom stereocenters. The predicted molar refractivity (Wildman–Crippen MR) is 47.4 cm³/mol. The first-order valence-electron chi connectivity index (χ1n) is 3.79. The maximum Gasteiger partial charge on any atom is 0.154 e. The van der Waals surface area contributed by atoms with Crippen LogP contribution >= 0.6 is 0 Å². The van der Waals surface area contributed by atoms with Crippen molar-refractivity contribution in [2.45, 2.75) is 12.5 Å². The third kappa shape index (κ3) is 2.47. The Morgan fingerprint density at radius 2 is 2.00 bits per heavy atom. The smallest absolute Gasteiger partial charge is 0.154 e. The van der Waals surface area contributed by atoms with Crippen LogP contribution in [-0.2, 0) is 11.2 Å². The Morgan fingerprint density at radius 3 is 2.50 bits per heavy atom. The third-order valence-electron chi connectivity index (χ3n) is 1.66. The van der Waals surface area contributed by atoms with Crippen LogP contribution in [0.5, 0.6) is 0 Å². The summed E-state index contributed by atoms with van der Waals surface area (Å²) in [5, 5.41) is 0. The zero-order chi connectivity index (χ0) is 8.97.